The normalized spacial score (nSPS) is 11.7. The molecule has 0 saturated carbocycles. The van der Waals surface area contributed by atoms with Crippen LogP contribution in [0, 0.1) is 0 Å². The minimum Gasteiger partial charge on any atom is -0.345 e. The van der Waals surface area contributed by atoms with Gasteiger partial charge < -0.3 is 10.2 Å². The summed E-state index contributed by atoms with van der Waals surface area (Å²) in [5.74, 6) is 0.00191. The average Bonchev–Trinajstić information content (AvgIpc) is 2.64. The first-order chi connectivity index (χ1) is 12.2. The highest BCUT2D eigenvalue weighted by Gasteiger charge is 2.15. The van der Waals surface area contributed by atoms with Crippen LogP contribution < -0.4 is 5.32 Å². The number of nitrogens with one attached hydrogen (secondary N) is 1. The zero-order valence-electron chi connectivity index (χ0n) is 15.9. The van der Waals surface area contributed by atoms with E-state index in [1.165, 1.54) is 24.8 Å². The standard InChI is InChI=1S/C22H30N2O.ClH/c1-24(2)18-12-4-3-11-17-21(19-13-7-5-8-14-19)23-22(25)20-15-9-6-10-16-20;/h5-10,13-16,21H,3-4,11-12,17-18H2,1-2H3,(H,23,25);1H. The summed E-state index contributed by atoms with van der Waals surface area (Å²) in [6.45, 7) is 1.15. The molecule has 1 N–H and O–H groups in total. The Morgan fingerprint density at radius 2 is 1.46 bits per heavy atom. The summed E-state index contributed by atoms with van der Waals surface area (Å²) >= 11 is 0. The lowest BCUT2D eigenvalue weighted by Gasteiger charge is -2.19. The highest BCUT2D eigenvalue weighted by atomic mass is 35.5. The van der Waals surface area contributed by atoms with E-state index in [4.69, 9.17) is 0 Å². The van der Waals surface area contributed by atoms with Crippen molar-refractivity contribution in [2.75, 3.05) is 20.6 Å². The highest BCUT2D eigenvalue weighted by molar-refractivity contribution is 5.94. The van der Waals surface area contributed by atoms with E-state index in [0.717, 1.165) is 24.9 Å². The van der Waals surface area contributed by atoms with Gasteiger partial charge >= 0.3 is 0 Å². The molecule has 2 aromatic rings. The van der Waals surface area contributed by atoms with E-state index in [0.29, 0.717) is 0 Å². The molecule has 0 aliphatic carbocycles. The summed E-state index contributed by atoms with van der Waals surface area (Å²) in [4.78, 5) is 14.8. The largest absolute Gasteiger partial charge is 0.345 e. The second-order valence-corrected chi connectivity index (χ2v) is 6.81. The fourth-order valence-electron chi connectivity index (χ4n) is 2.97. The van der Waals surface area contributed by atoms with E-state index < -0.39 is 0 Å². The maximum atomic E-state index is 12.5. The zero-order valence-corrected chi connectivity index (χ0v) is 16.7. The van der Waals surface area contributed by atoms with Gasteiger partial charge in [-0.2, -0.15) is 0 Å². The molecule has 2 rings (SSSR count). The number of benzene rings is 2. The lowest BCUT2D eigenvalue weighted by atomic mass is 9.99. The molecule has 0 saturated heterocycles. The number of carbonyl (C=O) groups is 1. The Bertz CT molecular complexity index is 617. The number of unbranched alkanes of at least 4 members (excludes halogenated alkanes) is 3. The summed E-state index contributed by atoms with van der Waals surface area (Å²) in [7, 11) is 4.23. The molecule has 1 amide bonds. The molecular weight excluding hydrogens is 344 g/mol. The molecule has 3 nitrogen and oxygen atoms in total. The maximum absolute atomic E-state index is 12.5. The van der Waals surface area contributed by atoms with Crippen molar-refractivity contribution in [2.24, 2.45) is 0 Å². The van der Waals surface area contributed by atoms with Gasteiger partial charge in [0.05, 0.1) is 6.04 Å². The van der Waals surface area contributed by atoms with Crippen LogP contribution in [0.5, 0.6) is 0 Å². The summed E-state index contributed by atoms with van der Waals surface area (Å²) < 4.78 is 0. The first kappa shape index (κ1) is 22.2. The Morgan fingerprint density at radius 3 is 2.08 bits per heavy atom. The topological polar surface area (TPSA) is 32.3 Å². The van der Waals surface area contributed by atoms with E-state index in [1.807, 2.05) is 48.5 Å². The van der Waals surface area contributed by atoms with Crippen molar-refractivity contribution < 1.29 is 4.79 Å². The fraction of sp³-hybridized carbons (Fsp3) is 0.409. The SMILES string of the molecule is CN(C)CCCCCCC(NC(=O)c1ccccc1)c1ccccc1.Cl. The van der Waals surface area contributed by atoms with Crippen molar-refractivity contribution in [3.05, 3.63) is 71.8 Å². The molecule has 0 aromatic heterocycles. The maximum Gasteiger partial charge on any atom is 0.251 e. The summed E-state index contributed by atoms with van der Waals surface area (Å²) in [5, 5.41) is 3.21. The van der Waals surface area contributed by atoms with Crippen LogP contribution in [0.15, 0.2) is 60.7 Å². The van der Waals surface area contributed by atoms with Gasteiger partial charge in [0, 0.05) is 5.56 Å². The van der Waals surface area contributed by atoms with Crippen LogP contribution in [0.2, 0.25) is 0 Å². The highest BCUT2D eigenvalue weighted by Crippen LogP contribution is 2.21. The first-order valence-corrected chi connectivity index (χ1v) is 9.22. The molecule has 0 aliphatic heterocycles. The van der Waals surface area contributed by atoms with Crippen LogP contribution in [-0.4, -0.2) is 31.4 Å². The molecule has 4 heteroatoms. The number of amides is 1. The molecule has 2 aromatic carbocycles. The van der Waals surface area contributed by atoms with Gasteiger partial charge in [-0.3, -0.25) is 4.79 Å². The Hall–Kier alpha value is -1.84. The molecule has 0 fully saturated rings. The minimum atomic E-state index is 0. The van der Waals surface area contributed by atoms with Crippen LogP contribution in [-0.2, 0) is 0 Å². The Labute approximate surface area is 164 Å². The van der Waals surface area contributed by atoms with Crippen molar-refractivity contribution >= 4 is 18.3 Å². The number of hydrogen-bond donors (Lipinski definition) is 1. The average molecular weight is 375 g/mol. The van der Waals surface area contributed by atoms with Gasteiger partial charge in [-0.15, -0.1) is 12.4 Å². The zero-order chi connectivity index (χ0) is 17.9. The summed E-state index contributed by atoms with van der Waals surface area (Å²) in [6.07, 6.45) is 5.79. The molecule has 26 heavy (non-hydrogen) atoms. The van der Waals surface area contributed by atoms with Gasteiger partial charge in [-0.25, -0.2) is 0 Å². The molecular formula is C22H31ClN2O. The minimum absolute atomic E-state index is 0. The van der Waals surface area contributed by atoms with Crippen molar-refractivity contribution in [2.45, 2.75) is 38.1 Å². The van der Waals surface area contributed by atoms with Crippen LogP contribution in [0.4, 0.5) is 0 Å². The quantitative estimate of drug-likeness (QED) is 0.587. The molecule has 1 unspecified atom stereocenters. The third-order valence-corrected chi connectivity index (χ3v) is 4.39. The van der Waals surface area contributed by atoms with E-state index in [1.54, 1.807) is 0 Å². The molecule has 0 aliphatic rings. The Kier molecular flexibility index (Phi) is 10.7. The van der Waals surface area contributed by atoms with Crippen molar-refractivity contribution in [1.29, 1.82) is 0 Å². The van der Waals surface area contributed by atoms with Crippen molar-refractivity contribution in [3.8, 4) is 0 Å². The van der Waals surface area contributed by atoms with Crippen molar-refractivity contribution in [1.82, 2.24) is 10.2 Å². The van der Waals surface area contributed by atoms with Crippen LogP contribution in [0.25, 0.3) is 0 Å². The number of nitrogens with zero attached hydrogens (tertiary/aromatic N) is 1. The number of hydrogen-bond acceptors (Lipinski definition) is 2. The number of carbonyl (C=O) groups excluding carboxylic acids is 1. The third-order valence-electron chi connectivity index (χ3n) is 4.39. The van der Waals surface area contributed by atoms with Crippen molar-refractivity contribution in [3.63, 3.8) is 0 Å². The van der Waals surface area contributed by atoms with Gasteiger partial charge in [0.15, 0.2) is 0 Å². The lowest BCUT2D eigenvalue weighted by molar-refractivity contribution is 0.0934. The van der Waals surface area contributed by atoms with Gasteiger partial charge in [-0.1, -0.05) is 67.8 Å². The summed E-state index contributed by atoms with van der Waals surface area (Å²) in [5.41, 5.74) is 1.90. The van der Waals surface area contributed by atoms with E-state index >= 15 is 0 Å². The second kappa shape index (κ2) is 12.5. The van der Waals surface area contributed by atoms with Crippen LogP contribution in [0.1, 0.15) is 54.1 Å². The van der Waals surface area contributed by atoms with Gasteiger partial charge in [0.25, 0.3) is 5.91 Å². The van der Waals surface area contributed by atoms with Gasteiger partial charge in [-0.05, 0) is 51.2 Å². The number of rotatable bonds is 10. The molecule has 0 bridgehead atoms. The van der Waals surface area contributed by atoms with Gasteiger partial charge in [0.1, 0.15) is 0 Å². The molecule has 142 valence electrons. The lowest BCUT2D eigenvalue weighted by Crippen LogP contribution is -2.28. The predicted molar refractivity (Wildman–Crippen MR) is 112 cm³/mol. The Morgan fingerprint density at radius 1 is 0.885 bits per heavy atom. The number of halogens is 1. The third kappa shape index (κ3) is 8.03. The van der Waals surface area contributed by atoms with E-state index in [-0.39, 0.29) is 24.4 Å². The molecule has 0 spiro atoms. The van der Waals surface area contributed by atoms with Crippen LogP contribution in [0.3, 0.4) is 0 Å². The Balaban J connectivity index is 0.00000338. The summed E-state index contributed by atoms with van der Waals surface area (Å²) in [6, 6.07) is 19.8. The van der Waals surface area contributed by atoms with Gasteiger partial charge in [0.2, 0.25) is 0 Å². The van der Waals surface area contributed by atoms with Crippen LogP contribution >= 0.6 is 12.4 Å². The second-order valence-electron chi connectivity index (χ2n) is 6.81. The smallest absolute Gasteiger partial charge is 0.251 e. The monoisotopic (exact) mass is 374 g/mol. The first-order valence-electron chi connectivity index (χ1n) is 9.22. The predicted octanol–water partition coefficient (Wildman–Crippen LogP) is 5.09. The molecule has 0 heterocycles. The van der Waals surface area contributed by atoms with E-state index in [9.17, 15) is 4.79 Å². The van der Waals surface area contributed by atoms with E-state index in [2.05, 4.69) is 36.4 Å². The fourth-order valence-corrected chi connectivity index (χ4v) is 2.97. The molecule has 1 atom stereocenters. The molecule has 0 radical (unpaired) electrons.